The van der Waals surface area contributed by atoms with Gasteiger partial charge in [-0.15, -0.1) is 0 Å². The highest BCUT2D eigenvalue weighted by Crippen LogP contribution is 2.46. The highest BCUT2D eigenvalue weighted by molar-refractivity contribution is 6.76. The van der Waals surface area contributed by atoms with Crippen LogP contribution in [0.25, 0.3) is 0 Å². The summed E-state index contributed by atoms with van der Waals surface area (Å²) in [6.07, 6.45) is 8.65. The summed E-state index contributed by atoms with van der Waals surface area (Å²) >= 11 is 6.12. The van der Waals surface area contributed by atoms with Crippen LogP contribution in [-0.2, 0) is 0 Å². The molecule has 0 aliphatic carbocycles. The van der Waals surface area contributed by atoms with Crippen LogP contribution in [0.2, 0.25) is 16.7 Å². The first-order chi connectivity index (χ1) is 7.84. The fourth-order valence-electron chi connectivity index (χ4n) is 3.93. The molecule has 16 heavy (non-hydrogen) atoms. The molecule has 2 fully saturated rings. The molecule has 2 bridgehead atoms. The molecule has 0 saturated carbocycles. The van der Waals surface area contributed by atoms with Crippen LogP contribution >= 0.6 is 11.6 Å². The number of hydrogen-bond acceptors (Lipinski definition) is 0. The van der Waals surface area contributed by atoms with E-state index in [1.54, 1.807) is 0 Å². The van der Waals surface area contributed by atoms with Crippen molar-refractivity contribution in [1.82, 2.24) is 0 Å². The monoisotopic (exact) mass is 232 g/mol. The van der Waals surface area contributed by atoms with Crippen molar-refractivity contribution in [3.05, 3.63) is 29.3 Å². The lowest BCUT2D eigenvalue weighted by molar-refractivity contribution is 0.448. The van der Waals surface area contributed by atoms with E-state index in [1.807, 2.05) is 6.07 Å². The third kappa shape index (κ3) is 1.90. The number of rotatable bonds is 1. The van der Waals surface area contributed by atoms with E-state index >= 15 is 0 Å². The van der Waals surface area contributed by atoms with Crippen molar-refractivity contribution in [1.29, 1.82) is 0 Å². The molecule has 0 N–H and O–H groups in total. The van der Waals surface area contributed by atoms with Gasteiger partial charge in [0.2, 0.25) is 0 Å². The molecule has 3 rings (SSSR count). The molecule has 2 heterocycles. The van der Waals surface area contributed by atoms with Gasteiger partial charge in [-0.25, -0.2) is 0 Å². The molecule has 0 spiro atoms. The molecule has 2 saturated heterocycles. The van der Waals surface area contributed by atoms with E-state index in [1.165, 1.54) is 44.0 Å². The maximum absolute atomic E-state index is 6.12. The first kappa shape index (κ1) is 10.7. The normalized spacial score (nSPS) is 29.2. The maximum atomic E-state index is 6.12. The zero-order valence-electron chi connectivity index (χ0n) is 9.66. The second-order valence-electron chi connectivity index (χ2n) is 5.46. The smallest absolute Gasteiger partial charge is 0.0844 e. The number of hydrogen-bond donors (Lipinski definition) is 0. The lowest BCUT2D eigenvalue weighted by Crippen LogP contribution is -2.44. The van der Waals surface area contributed by atoms with Gasteiger partial charge >= 0.3 is 0 Å². The second-order valence-corrected chi connectivity index (χ2v) is 5.90. The van der Waals surface area contributed by atoms with Crippen molar-refractivity contribution in [2.45, 2.75) is 50.2 Å². The van der Waals surface area contributed by atoms with E-state index in [0.29, 0.717) is 0 Å². The zero-order chi connectivity index (χ0) is 11.0. The molecular formula is C14H18BCl. The van der Waals surface area contributed by atoms with E-state index in [0.717, 1.165) is 23.4 Å². The maximum Gasteiger partial charge on any atom is 0.182 e. The SMILES string of the molecule is Clc1cccc(B2C3CCCC2CCC3)c1. The summed E-state index contributed by atoms with van der Waals surface area (Å²) in [4.78, 5) is 0. The third-order valence-corrected chi connectivity index (χ3v) is 4.78. The summed E-state index contributed by atoms with van der Waals surface area (Å²) in [5.41, 5.74) is 1.50. The Morgan fingerprint density at radius 1 is 1.00 bits per heavy atom. The third-order valence-electron chi connectivity index (χ3n) is 4.55. The van der Waals surface area contributed by atoms with Gasteiger partial charge in [-0.1, -0.05) is 79.4 Å². The quantitative estimate of drug-likeness (QED) is 0.638. The van der Waals surface area contributed by atoms with Crippen molar-refractivity contribution in [3.8, 4) is 0 Å². The fourth-order valence-corrected chi connectivity index (χ4v) is 4.13. The molecule has 1 aromatic rings. The summed E-state index contributed by atoms with van der Waals surface area (Å²) in [6.45, 7) is 0.807. The van der Waals surface area contributed by atoms with Crippen LogP contribution in [-0.4, -0.2) is 6.71 Å². The Morgan fingerprint density at radius 2 is 1.62 bits per heavy atom. The van der Waals surface area contributed by atoms with Gasteiger partial charge in [0, 0.05) is 5.02 Å². The van der Waals surface area contributed by atoms with Crippen LogP contribution < -0.4 is 5.46 Å². The molecule has 1 aromatic carbocycles. The van der Waals surface area contributed by atoms with Gasteiger partial charge in [0.05, 0.1) is 0 Å². The molecule has 2 aliphatic heterocycles. The molecule has 0 atom stereocenters. The predicted octanol–water partition coefficient (Wildman–Crippen LogP) is 4.15. The zero-order valence-corrected chi connectivity index (χ0v) is 10.4. The first-order valence-electron chi connectivity index (χ1n) is 6.60. The van der Waals surface area contributed by atoms with Crippen molar-refractivity contribution < 1.29 is 0 Å². The highest BCUT2D eigenvalue weighted by atomic mass is 35.5. The van der Waals surface area contributed by atoms with Gasteiger partial charge in [0.15, 0.2) is 6.71 Å². The largest absolute Gasteiger partial charge is 0.182 e. The van der Waals surface area contributed by atoms with Crippen LogP contribution in [0.15, 0.2) is 24.3 Å². The molecule has 84 valence electrons. The average Bonchev–Trinajstić information content (AvgIpc) is 2.28. The van der Waals surface area contributed by atoms with E-state index in [-0.39, 0.29) is 0 Å². The summed E-state index contributed by atoms with van der Waals surface area (Å²) in [7, 11) is 0. The van der Waals surface area contributed by atoms with Gasteiger partial charge < -0.3 is 0 Å². The number of benzene rings is 1. The second kappa shape index (κ2) is 4.45. The van der Waals surface area contributed by atoms with Crippen LogP contribution in [0.3, 0.4) is 0 Å². The van der Waals surface area contributed by atoms with Crippen molar-refractivity contribution in [3.63, 3.8) is 0 Å². The molecule has 0 aromatic heterocycles. The lowest BCUT2D eigenvalue weighted by Gasteiger charge is -2.40. The van der Waals surface area contributed by atoms with Crippen LogP contribution in [0.5, 0.6) is 0 Å². The Hall–Kier alpha value is -0.425. The van der Waals surface area contributed by atoms with Crippen molar-refractivity contribution in [2.24, 2.45) is 0 Å². The van der Waals surface area contributed by atoms with E-state index < -0.39 is 0 Å². The van der Waals surface area contributed by atoms with Crippen LogP contribution in [0.4, 0.5) is 0 Å². The Balaban J connectivity index is 1.92. The first-order valence-corrected chi connectivity index (χ1v) is 6.98. The standard InChI is InChI=1S/C14H18BCl/c16-14-9-3-8-13(10-14)15-11-4-1-5-12(15)7-2-6-11/h3,8-12H,1-2,4-7H2. The van der Waals surface area contributed by atoms with Gasteiger partial charge in [0.25, 0.3) is 0 Å². The van der Waals surface area contributed by atoms with E-state index in [4.69, 9.17) is 11.6 Å². The number of fused-ring (bicyclic) bond motifs is 2. The van der Waals surface area contributed by atoms with Crippen LogP contribution in [0.1, 0.15) is 38.5 Å². The topological polar surface area (TPSA) is 0 Å². The Morgan fingerprint density at radius 3 is 2.19 bits per heavy atom. The summed E-state index contributed by atoms with van der Waals surface area (Å²) in [5, 5.41) is 0.904. The molecule has 2 aliphatic rings. The van der Waals surface area contributed by atoms with Crippen molar-refractivity contribution >= 4 is 23.8 Å². The minimum absolute atomic E-state index is 0.807. The minimum Gasteiger partial charge on any atom is -0.0844 e. The summed E-state index contributed by atoms with van der Waals surface area (Å²) in [6, 6.07) is 8.59. The molecule has 0 nitrogen and oxygen atoms in total. The average molecular weight is 233 g/mol. The molecule has 0 amide bonds. The highest BCUT2D eigenvalue weighted by Gasteiger charge is 2.39. The van der Waals surface area contributed by atoms with Gasteiger partial charge in [-0.3, -0.25) is 0 Å². The van der Waals surface area contributed by atoms with Gasteiger partial charge in [-0.05, 0) is 12.1 Å². The Kier molecular flexibility index (Phi) is 2.98. The molecule has 0 radical (unpaired) electrons. The Labute approximate surface area is 103 Å². The molecular weight excluding hydrogens is 214 g/mol. The fraction of sp³-hybridized carbons (Fsp3) is 0.571. The summed E-state index contributed by atoms with van der Waals surface area (Å²) < 4.78 is 0. The van der Waals surface area contributed by atoms with Crippen LogP contribution in [0, 0.1) is 0 Å². The number of halogens is 1. The molecule has 0 unspecified atom stereocenters. The van der Waals surface area contributed by atoms with E-state index in [2.05, 4.69) is 18.2 Å². The van der Waals surface area contributed by atoms with Gasteiger partial charge in [0.1, 0.15) is 0 Å². The Bertz CT molecular complexity index is 355. The predicted molar refractivity (Wildman–Crippen MR) is 72.0 cm³/mol. The van der Waals surface area contributed by atoms with Crippen molar-refractivity contribution in [2.75, 3.05) is 0 Å². The van der Waals surface area contributed by atoms with Gasteiger partial charge in [-0.2, -0.15) is 0 Å². The summed E-state index contributed by atoms with van der Waals surface area (Å²) in [5.74, 6) is 1.87. The minimum atomic E-state index is 0.807. The van der Waals surface area contributed by atoms with E-state index in [9.17, 15) is 0 Å². The molecule has 2 heteroatoms. The lowest BCUT2D eigenvalue weighted by atomic mass is 9.25.